The smallest absolute Gasteiger partial charge is 0.407 e. The number of ether oxygens (including phenoxy) is 1. The molecule has 0 radical (unpaired) electrons. The lowest BCUT2D eigenvalue weighted by Gasteiger charge is -2.37. The van der Waals surface area contributed by atoms with Gasteiger partial charge in [0.2, 0.25) is 23.5 Å². The van der Waals surface area contributed by atoms with Crippen molar-refractivity contribution >= 4 is 35.5 Å². The minimum Gasteiger partial charge on any atom is -0.449 e. The van der Waals surface area contributed by atoms with Crippen molar-refractivity contribution in [2.45, 2.75) is 97.8 Å². The molecule has 0 spiro atoms. The van der Waals surface area contributed by atoms with Gasteiger partial charge in [0.15, 0.2) is 0 Å². The maximum Gasteiger partial charge on any atom is 0.407 e. The average Bonchev–Trinajstić information content (AvgIpc) is 3.39. The molecule has 4 rings (SSSR count). The topological polar surface area (TPSA) is 163 Å². The van der Waals surface area contributed by atoms with Crippen molar-refractivity contribution in [3.63, 3.8) is 0 Å². The number of benzene rings is 1. The van der Waals surface area contributed by atoms with Crippen LogP contribution in [-0.2, 0) is 35.3 Å². The van der Waals surface area contributed by atoms with Crippen molar-refractivity contribution in [2.24, 2.45) is 35.0 Å². The molecule has 50 heavy (non-hydrogen) atoms. The number of carbonyl (C=O) groups is 6. The van der Waals surface area contributed by atoms with E-state index >= 15 is 0 Å². The molecule has 1 heterocycles. The third-order valence-electron chi connectivity index (χ3n) is 10.6. The van der Waals surface area contributed by atoms with Crippen LogP contribution in [-0.4, -0.2) is 78.2 Å². The molecule has 6 unspecified atom stereocenters. The Morgan fingerprint density at radius 1 is 1.04 bits per heavy atom. The molecule has 2 saturated carbocycles. The molecular weight excluding hydrogens is 638 g/mol. The molecule has 0 bridgehead atoms. The highest BCUT2D eigenvalue weighted by atomic mass is 16.5. The summed E-state index contributed by atoms with van der Waals surface area (Å²) in [5.41, 5.74) is 0.817. The van der Waals surface area contributed by atoms with Gasteiger partial charge in [0.25, 0.3) is 5.91 Å². The molecule has 4 N–H and O–H groups in total. The van der Waals surface area contributed by atoms with Crippen LogP contribution in [0.3, 0.4) is 0 Å². The molecular formula is C38H55N5O7. The first-order valence-electron chi connectivity index (χ1n) is 18.1. The van der Waals surface area contributed by atoms with E-state index in [2.05, 4.69) is 41.7 Å². The number of alkyl carbamates (subject to hydrolysis) is 1. The number of ketones is 1. The number of likely N-dealkylation sites (tertiary alicyclic amines) is 1. The fraction of sp³-hybridized carbons (Fsp3) is 0.632. The molecule has 12 heteroatoms. The summed E-state index contributed by atoms with van der Waals surface area (Å²) >= 11 is 0. The molecule has 1 aliphatic heterocycles. The van der Waals surface area contributed by atoms with Gasteiger partial charge in [-0.1, -0.05) is 77.4 Å². The van der Waals surface area contributed by atoms with Gasteiger partial charge in [-0.3, -0.25) is 24.0 Å². The number of nitrogens with zero attached hydrogens (tertiary/aromatic N) is 1. The summed E-state index contributed by atoms with van der Waals surface area (Å²) in [5, 5.41) is 11.3. The van der Waals surface area contributed by atoms with E-state index < -0.39 is 41.8 Å². The first-order valence-corrected chi connectivity index (χ1v) is 18.1. The summed E-state index contributed by atoms with van der Waals surface area (Å²) < 4.78 is 5.39. The molecule has 0 aromatic heterocycles. The van der Waals surface area contributed by atoms with E-state index in [1.165, 1.54) is 6.08 Å². The number of carbonyl (C=O) groups excluding carboxylic acids is 6. The third kappa shape index (κ3) is 9.51. The van der Waals surface area contributed by atoms with Gasteiger partial charge < -0.3 is 30.9 Å². The van der Waals surface area contributed by atoms with E-state index in [4.69, 9.17) is 4.74 Å². The monoisotopic (exact) mass is 693 g/mol. The molecule has 1 aromatic carbocycles. The molecule has 1 aromatic rings. The van der Waals surface area contributed by atoms with Crippen molar-refractivity contribution in [2.75, 3.05) is 19.7 Å². The Hall–Kier alpha value is -4.22. The van der Waals surface area contributed by atoms with Crippen LogP contribution >= 0.6 is 0 Å². The Bertz CT molecular complexity index is 1410. The quantitative estimate of drug-likeness (QED) is 0.152. The van der Waals surface area contributed by atoms with Crippen LogP contribution in [0.1, 0.15) is 78.7 Å². The van der Waals surface area contributed by atoms with Crippen molar-refractivity contribution in [1.82, 2.24) is 26.2 Å². The highest BCUT2D eigenvalue weighted by molar-refractivity contribution is 6.38. The van der Waals surface area contributed by atoms with Crippen LogP contribution < -0.4 is 21.3 Å². The van der Waals surface area contributed by atoms with E-state index in [-0.39, 0.29) is 72.8 Å². The first-order chi connectivity index (χ1) is 23.8. The summed E-state index contributed by atoms with van der Waals surface area (Å²) in [6.07, 6.45) is 3.21. The molecule has 3 fully saturated rings. The number of fused-ring (bicyclic) bond motifs is 1. The Labute approximate surface area is 295 Å². The maximum absolute atomic E-state index is 14.2. The number of hydrogen-bond acceptors (Lipinski definition) is 7. The number of hydrogen-bond donors (Lipinski definition) is 4. The van der Waals surface area contributed by atoms with Crippen LogP contribution in [0.5, 0.6) is 0 Å². The zero-order valence-corrected chi connectivity index (χ0v) is 30.2. The van der Waals surface area contributed by atoms with E-state index in [1.54, 1.807) is 4.90 Å². The normalized spacial score (nSPS) is 25.4. The summed E-state index contributed by atoms with van der Waals surface area (Å²) in [6.45, 7) is 14.6. The Morgan fingerprint density at radius 2 is 1.76 bits per heavy atom. The largest absolute Gasteiger partial charge is 0.449 e. The molecule has 5 amide bonds. The Morgan fingerprint density at radius 3 is 2.42 bits per heavy atom. The highest BCUT2D eigenvalue weighted by Gasteiger charge is 2.69. The fourth-order valence-electron chi connectivity index (χ4n) is 7.69. The van der Waals surface area contributed by atoms with Crippen LogP contribution in [0.15, 0.2) is 43.0 Å². The lowest BCUT2D eigenvalue weighted by atomic mass is 9.75. The van der Waals surface area contributed by atoms with Gasteiger partial charge in [0.1, 0.15) is 6.04 Å². The van der Waals surface area contributed by atoms with E-state index in [0.29, 0.717) is 38.8 Å². The van der Waals surface area contributed by atoms with E-state index in [1.807, 2.05) is 51.1 Å². The number of nitrogens with one attached hydrogen (secondary N) is 4. The van der Waals surface area contributed by atoms with Gasteiger partial charge in [-0.15, -0.1) is 6.58 Å². The molecule has 274 valence electrons. The maximum atomic E-state index is 14.2. The summed E-state index contributed by atoms with van der Waals surface area (Å²) in [4.78, 5) is 81.2. The first kappa shape index (κ1) is 38.6. The van der Waals surface area contributed by atoms with Gasteiger partial charge in [0.05, 0.1) is 12.6 Å². The van der Waals surface area contributed by atoms with Crippen LogP contribution in [0.2, 0.25) is 0 Å². The zero-order chi connectivity index (χ0) is 36.6. The standard InChI is InChI=1S/C38H55N5O7/c1-7-12-29(33(45)36(48)39-17-8-2)41-35(47)32-31-27(38(31,5)6)21-43(32)30(44)19-26-18-25(34(46)40-20-24-13-10-9-11-14-24)15-16-28(26)42-37(49)50-22-23(3)4/h8-11,13-14,23,25-29,31-32H,2,7,12,15-22H2,1,3-6H3,(H,39,48)(H,40,46)(H,41,47)(H,42,49)/t25?,26?,27?,28?,29?,31?,32-/m0/s1. The van der Waals surface area contributed by atoms with Gasteiger partial charge in [-0.25, -0.2) is 4.79 Å². The highest BCUT2D eigenvalue weighted by Crippen LogP contribution is 2.65. The third-order valence-corrected chi connectivity index (χ3v) is 10.6. The van der Waals surface area contributed by atoms with Crippen molar-refractivity contribution < 1.29 is 33.5 Å². The number of Topliss-reactive ketones (excluding diaryl/α,β-unsaturated/α-hetero) is 1. The van der Waals surface area contributed by atoms with Gasteiger partial charge in [-0.2, -0.15) is 0 Å². The predicted molar refractivity (Wildman–Crippen MR) is 188 cm³/mol. The second-order valence-corrected chi connectivity index (χ2v) is 15.1. The van der Waals surface area contributed by atoms with E-state index in [9.17, 15) is 28.8 Å². The van der Waals surface area contributed by atoms with Crippen molar-refractivity contribution in [3.8, 4) is 0 Å². The molecule has 1 saturated heterocycles. The van der Waals surface area contributed by atoms with Crippen LogP contribution in [0.25, 0.3) is 0 Å². The summed E-state index contributed by atoms with van der Waals surface area (Å²) in [6, 6.07) is 7.42. The number of rotatable bonds is 16. The lowest BCUT2D eigenvalue weighted by molar-refractivity contribution is -0.144. The fourth-order valence-corrected chi connectivity index (χ4v) is 7.69. The molecule has 7 atom stereocenters. The van der Waals surface area contributed by atoms with Crippen molar-refractivity contribution in [3.05, 3.63) is 48.6 Å². The summed E-state index contributed by atoms with van der Waals surface area (Å²) in [7, 11) is 0. The Balaban J connectivity index is 1.49. The van der Waals surface area contributed by atoms with Crippen molar-refractivity contribution in [1.29, 1.82) is 0 Å². The average molecular weight is 694 g/mol. The molecule has 12 nitrogen and oxygen atoms in total. The molecule has 3 aliphatic rings. The summed E-state index contributed by atoms with van der Waals surface area (Å²) in [5.74, 6) is -2.86. The minimum absolute atomic E-state index is 0.0303. The van der Waals surface area contributed by atoms with E-state index in [0.717, 1.165) is 5.56 Å². The molecule has 2 aliphatic carbocycles. The second kappa shape index (κ2) is 17.1. The predicted octanol–water partition coefficient (Wildman–Crippen LogP) is 3.50. The Kier molecular flexibility index (Phi) is 13.2. The van der Waals surface area contributed by atoms with Crippen LogP contribution in [0, 0.1) is 35.0 Å². The van der Waals surface area contributed by atoms with Gasteiger partial charge >= 0.3 is 6.09 Å². The number of amides is 5. The SMILES string of the molecule is C=CCNC(=O)C(=O)C(CCC)NC(=O)[C@@H]1C2C(CN1C(=O)CC1CC(C(=O)NCc3ccccc3)CCC1NC(=O)OCC(C)C)C2(C)C. The zero-order valence-electron chi connectivity index (χ0n) is 30.2. The van der Waals surface area contributed by atoms with Gasteiger partial charge in [-0.05, 0) is 60.3 Å². The lowest BCUT2D eigenvalue weighted by Crippen LogP contribution is -2.55. The second-order valence-electron chi connectivity index (χ2n) is 15.1. The number of piperidine rings is 1. The van der Waals surface area contributed by atoms with Crippen LogP contribution in [0.4, 0.5) is 4.79 Å². The minimum atomic E-state index is -1.02. The van der Waals surface area contributed by atoms with Gasteiger partial charge in [0, 0.05) is 38.0 Å².